The van der Waals surface area contributed by atoms with Gasteiger partial charge in [0.1, 0.15) is 46.0 Å². The van der Waals surface area contributed by atoms with Gasteiger partial charge in [-0.2, -0.15) is 22.0 Å². The van der Waals surface area contributed by atoms with E-state index in [1.165, 1.54) is 63.5 Å². The minimum Gasteiger partial charge on any atom is -0.429 e. The smallest absolute Gasteiger partial charge is 0.429 e. The van der Waals surface area contributed by atoms with E-state index in [9.17, 15) is 39.5 Å². The van der Waals surface area contributed by atoms with Crippen LogP contribution in [0.5, 0.6) is 5.75 Å². The predicted molar refractivity (Wildman–Crippen MR) is 162 cm³/mol. The first-order chi connectivity index (χ1) is 22.7. The molecule has 0 aliphatic heterocycles. The number of benzene rings is 3. The maximum absolute atomic E-state index is 15.3. The molecule has 0 heterocycles. The van der Waals surface area contributed by atoms with Gasteiger partial charge in [-0.05, 0) is 91.5 Å². The Bertz CT molecular complexity index is 1520. The van der Waals surface area contributed by atoms with Gasteiger partial charge in [-0.3, -0.25) is 0 Å². The Hall–Kier alpha value is -3.24. The first kappa shape index (κ1) is 36.1. The van der Waals surface area contributed by atoms with Crippen LogP contribution in [0.3, 0.4) is 0 Å². The van der Waals surface area contributed by atoms with Crippen LogP contribution < -0.4 is 4.74 Å². The average molecular weight is 689 g/mol. The summed E-state index contributed by atoms with van der Waals surface area (Å²) in [6, 6.07) is 4.89. The number of unbranched alkanes of at least 4 members (excludes halogenated alkanes) is 2. The molecule has 3 aromatic rings. The summed E-state index contributed by atoms with van der Waals surface area (Å²) < 4.78 is 145. The van der Waals surface area contributed by atoms with Crippen molar-refractivity contribution < 1.29 is 48.6 Å². The zero-order valence-electron chi connectivity index (χ0n) is 26.5. The van der Waals surface area contributed by atoms with Gasteiger partial charge in [0.15, 0.2) is 0 Å². The van der Waals surface area contributed by atoms with Gasteiger partial charge in [-0.15, -0.1) is 0 Å². The molecule has 0 spiro atoms. The Labute approximate surface area is 273 Å². The van der Waals surface area contributed by atoms with Crippen molar-refractivity contribution in [3.8, 4) is 16.9 Å². The molecule has 3 aromatic carbocycles. The molecule has 262 valence electrons. The van der Waals surface area contributed by atoms with E-state index in [1.54, 1.807) is 6.07 Å². The van der Waals surface area contributed by atoms with Gasteiger partial charge >= 0.3 is 12.3 Å². The number of hydrogen-bond donors (Lipinski definition) is 0. The van der Waals surface area contributed by atoms with Crippen LogP contribution in [-0.4, -0.2) is 0 Å². The molecule has 0 amide bonds. The SMILES string of the molecule is CCCCCC1CCC(C2CCC(c3ccc(-c4cc(F)c(C(F)(F)Oc5cc(F)c(C(F)(F)F)c(F)c5)c(F)c4)c(F)c3)CC2)CC1. The predicted octanol–water partition coefficient (Wildman–Crippen LogP) is 12.9. The zero-order valence-corrected chi connectivity index (χ0v) is 26.5. The third kappa shape index (κ3) is 8.13. The van der Waals surface area contributed by atoms with Crippen LogP contribution in [0.2, 0.25) is 0 Å². The van der Waals surface area contributed by atoms with Crippen LogP contribution in [-0.2, 0) is 12.3 Å². The van der Waals surface area contributed by atoms with Gasteiger partial charge in [0, 0.05) is 17.7 Å². The second-order valence-corrected chi connectivity index (χ2v) is 13.3. The first-order valence-electron chi connectivity index (χ1n) is 16.6. The topological polar surface area (TPSA) is 9.23 Å². The highest BCUT2D eigenvalue weighted by Crippen LogP contribution is 2.45. The van der Waals surface area contributed by atoms with Crippen molar-refractivity contribution in [2.75, 3.05) is 0 Å². The van der Waals surface area contributed by atoms with E-state index in [4.69, 9.17) is 0 Å². The summed E-state index contributed by atoms with van der Waals surface area (Å²) in [5.74, 6) is -8.10. The molecule has 0 atom stereocenters. The monoisotopic (exact) mass is 688 g/mol. The zero-order chi connectivity index (χ0) is 34.8. The van der Waals surface area contributed by atoms with E-state index in [-0.39, 0.29) is 29.2 Å². The van der Waals surface area contributed by atoms with Crippen LogP contribution in [0.25, 0.3) is 11.1 Å². The van der Waals surface area contributed by atoms with Crippen molar-refractivity contribution in [2.24, 2.45) is 17.8 Å². The first-order valence-corrected chi connectivity index (χ1v) is 16.6. The molecular weight excluding hydrogens is 650 g/mol. The Morgan fingerprint density at radius 1 is 0.625 bits per heavy atom. The van der Waals surface area contributed by atoms with Gasteiger partial charge in [0.25, 0.3) is 0 Å². The number of ether oxygens (including phenoxy) is 1. The molecule has 2 fully saturated rings. The lowest BCUT2D eigenvalue weighted by molar-refractivity contribution is -0.189. The number of halogens is 10. The molecule has 2 saturated carbocycles. The largest absolute Gasteiger partial charge is 0.432 e. The third-order valence-electron chi connectivity index (χ3n) is 10.2. The highest BCUT2D eigenvalue weighted by molar-refractivity contribution is 5.65. The Morgan fingerprint density at radius 2 is 1.17 bits per heavy atom. The average Bonchev–Trinajstić information content (AvgIpc) is 3.00. The summed E-state index contributed by atoms with van der Waals surface area (Å²) in [5, 5.41) is 0. The lowest BCUT2D eigenvalue weighted by Crippen LogP contribution is -2.25. The molecule has 0 unspecified atom stereocenters. The van der Waals surface area contributed by atoms with Crippen molar-refractivity contribution in [3.63, 3.8) is 0 Å². The lowest BCUT2D eigenvalue weighted by Gasteiger charge is -2.38. The van der Waals surface area contributed by atoms with Crippen molar-refractivity contribution in [1.82, 2.24) is 0 Å². The van der Waals surface area contributed by atoms with Gasteiger partial charge < -0.3 is 4.74 Å². The summed E-state index contributed by atoms with van der Waals surface area (Å²) in [7, 11) is 0. The number of alkyl halides is 5. The Balaban J connectivity index is 1.23. The van der Waals surface area contributed by atoms with Gasteiger partial charge in [0.2, 0.25) is 0 Å². The summed E-state index contributed by atoms with van der Waals surface area (Å²) >= 11 is 0. The maximum atomic E-state index is 15.3. The molecule has 2 aliphatic rings. The Kier molecular flexibility index (Phi) is 11.0. The highest BCUT2D eigenvalue weighted by Gasteiger charge is 2.43. The number of rotatable bonds is 10. The second-order valence-electron chi connectivity index (χ2n) is 13.3. The fraction of sp³-hybridized carbons (Fsp3) is 0.514. The quantitative estimate of drug-likeness (QED) is 0.152. The van der Waals surface area contributed by atoms with E-state index >= 15 is 4.39 Å². The van der Waals surface area contributed by atoms with Crippen molar-refractivity contribution >= 4 is 0 Å². The summed E-state index contributed by atoms with van der Waals surface area (Å²) in [6.07, 6.45) is 3.86. The van der Waals surface area contributed by atoms with Crippen molar-refractivity contribution in [3.05, 3.63) is 88.2 Å². The lowest BCUT2D eigenvalue weighted by atomic mass is 9.68. The van der Waals surface area contributed by atoms with Gasteiger partial charge in [-0.1, -0.05) is 57.6 Å². The van der Waals surface area contributed by atoms with Crippen LogP contribution in [0.1, 0.15) is 107 Å². The fourth-order valence-corrected chi connectivity index (χ4v) is 7.66. The summed E-state index contributed by atoms with van der Waals surface area (Å²) in [5.41, 5.74) is -4.17. The van der Waals surface area contributed by atoms with Crippen molar-refractivity contribution in [1.29, 1.82) is 0 Å². The molecule has 0 aromatic heterocycles. The molecule has 5 rings (SSSR count). The maximum Gasteiger partial charge on any atom is 0.432 e. The molecule has 11 heteroatoms. The molecule has 0 saturated heterocycles. The Morgan fingerprint density at radius 3 is 1.69 bits per heavy atom. The van der Waals surface area contributed by atoms with E-state index in [0.29, 0.717) is 18.1 Å². The second kappa shape index (κ2) is 14.7. The van der Waals surface area contributed by atoms with Crippen LogP contribution in [0.15, 0.2) is 42.5 Å². The minimum atomic E-state index is -5.47. The van der Waals surface area contributed by atoms with Crippen LogP contribution in [0, 0.1) is 46.8 Å². The molecule has 0 bridgehead atoms. The summed E-state index contributed by atoms with van der Waals surface area (Å²) in [4.78, 5) is 0. The van der Waals surface area contributed by atoms with E-state index in [1.807, 2.05) is 0 Å². The van der Waals surface area contributed by atoms with E-state index < -0.39 is 58.2 Å². The van der Waals surface area contributed by atoms with Crippen LogP contribution >= 0.6 is 0 Å². The van der Waals surface area contributed by atoms with Crippen LogP contribution in [0.4, 0.5) is 43.9 Å². The fourth-order valence-electron chi connectivity index (χ4n) is 7.66. The molecule has 48 heavy (non-hydrogen) atoms. The van der Waals surface area contributed by atoms with Crippen molar-refractivity contribution in [2.45, 2.75) is 102 Å². The molecule has 2 aliphatic carbocycles. The van der Waals surface area contributed by atoms with Gasteiger partial charge in [-0.25, -0.2) is 22.0 Å². The van der Waals surface area contributed by atoms with Gasteiger partial charge in [0.05, 0.1) is 0 Å². The highest BCUT2D eigenvalue weighted by atomic mass is 19.4. The molecule has 1 nitrogen and oxygen atoms in total. The van der Waals surface area contributed by atoms with E-state index in [2.05, 4.69) is 11.7 Å². The number of hydrogen-bond acceptors (Lipinski definition) is 1. The standard InChI is InChI=1S/C37H38F10O/c1-2-3-4-5-21-6-8-22(9-7-21)23-10-12-24(13-11-23)25-14-15-28(29(38)16-25)26-17-30(39)35(31(40)18-26)37(46,47)48-27-19-32(41)34(33(42)20-27)36(43,44)45/h14-24H,2-13H2,1H3. The summed E-state index contributed by atoms with van der Waals surface area (Å²) in [6.45, 7) is 2.22. The third-order valence-corrected chi connectivity index (χ3v) is 10.2. The molecule has 0 radical (unpaired) electrons. The molecular formula is C37H38F10O. The normalized spacial score (nSPS) is 22.1. The molecule has 0 N–H and O–H groups in total. The van der Waals surface area contributed by atoms with E-state index in [0.717, 1.165) is 43.1 Å². The minimum absolute atomic E-state index is 0.127.